The summed E-state index contributed by atoms with van der Waals surface area (Å²) in [5.41, 5.74) is 10.4. The van der Waals surface area contributed by atoms with Crippen LogP contribution in [-0.2, 0) is 6.42 Å². The van der Waals surface area contributed by atoms with E-state index in [2.05, 4.69) is 21.2 Å². The number of ether oxygens (including phenoxy) is 1. The summed E-state index contributed by atoms with van der Waals surface area (Å²) in [6, 6.07) is 15.2. The lowest BCUT2D eigenvalue weighted by Crippen LogP contribution is -2.33. The van der Waals surface area contributed by atoms with Gasteiger partial charge in [0.2, 0.25) is 5.91 Å². The van der Waals surface area contributed by atoms with E-state index in [0.29, 0.717) is 48.0 Å². The number of aromatic nitrogens is 2. The molecule has 0 spiro atoms. The number of pyridine rings is 1. The molecule has 2 aromatic heterocycles. The van der Waals surface area contributed by atoms with Crippen molar-refractivity contribution in [2.45, 2.75) is 32.3 Å². The largest absolute Gasteiger partial charge is 0.489 e. The van der Waals surface area contributed by atoms with Crippen molar-refractivity contribution < 1.29 is 14.3 Å². The summed E-state index contributed by atoms with van der Waals surface area (Å²) in [6.07, 6.45) is 4.38. The molecule has 1 saturated heterocycles. The number of urea groups is 1. The molecule has 1 aliphatic rings. The molecule has 8 nitrogen and oxygen atoms in total. The number of halogens is 2. The van der Waals surface area contributed by atoms with Crippen LogP contribution in [0.15, 0.2) is 65.4 Å². The molecule has 0 aliphatic carbocycles. The number of hydrogen-bond donors (Lipinski definition) is 2. The van der Waals surface area contributed by atoms with Crippen LogP contribution in [0.3, 0.4) is 0 Å². The van der Waals surface area contributed by atoms with Crippen molar-refractivity contribution in [3.8, 4) is 17.0 Å². The van der Waals surface area contributed by atoms with E-state index in [4.69, 9.17) is 27.1 Å². The summed E-state index contributed by atoms with van der Waals surface area (Å²) < 4.78 is 8.82. The molecule has 0 bridgehead atoms. The van der Waals surface area contributed by atoms with Gasteiger partial charge in [-0.2, -0.15) is 0 Å². The maximum atomic E-state index is 12.5. The highest BCUT2D eigenvalue weighted by atomic mass is 79.9. The maximum Gasteiger partial charge on any atom is 0.317 e. The molecule has 0 saturated carbocycles. The highest BCUT2D eigenvalue weighted by Crippen LogP contribution is 2.38. The van der Waals surface area contributed by atoms with Crippen LogP contribution in [0.1, 0.15) is 41.3 Å². The van der Waals surface area contributed by atoms with Gasteiger partial charge in [-0.25, -0.2) is 9.78 Å². The molecule has 202 valence electrons. The number of nitrogens with two attached hydrogens (primary N) is 1. The van der Waals surface area contributed by atoms with Crippen molar-refractivity contribution in [2.24, 2.45) is 5.73 Å². The van der Waals surface area contributed by atoms with Crippen LogP contribution in [0, 0.1) is 0 Å². The molecule has 3 amide bonds. The van der Waals surface area contributed by atoms with Gasteiger partial charge in [0.25, 0.3) is 0 Å². The molecule has 39 heavy (non-hydrogen) atoms. The minimum Gasteiger partial charge on any atom is -0.489 e. The van der Waals surface area contributed by atoms with Gasteiger partial charge >= 0.3 is 6.03 Å². The number of hydrogen-bond acceptors (Lipinski definition) is 4. The predicted octanol–water partition coefficient (Wildman–Crippen LogP) is 5.65. The molecule has 1 unspecified atom stereocenters. The van der Waals surface area contributed by atoms with Crippen molar-refractivity contribution in [1.29, 1.82) is 0 Å². The van der Waals surface area contributed by atoms with Crippen molar-refractivity contribution in [2.75, 3.05) is 19.6 Å². The Morgan fingerprint density at radius 3 is 2.62 bits per heavy atom. The minimum absolute atomic E-state index is 0.106. The highest BCUT2D eigenvalue weighted by Gasteiger charge is 2.29. The summed E-state index contributed by atoms with van der Waals surface area (Å²) in [5, 5.41) is 3.19. The second kappa shape index (κ2) is 11.3. The molecule has 3 N–H and O–H groups in total. The number of rotatable bonds is 9. The van der Waals surface area contributed by atoms with Crippen LogP contribution >= 0.6 is 27.5 Å². The van der Waals surface area contributed by atoms with Gasteiger partial charge in [-0.15, -0.1) is 0 Å². The first-order chi connectivity index (χ1) is 18.7. The zero-order valence-electron chi connectivity index (χ0n) is 21.7. The number of nitrogens with one attached hydrogen (secondary N) is 1. The summed E-state index contributed by atoms with van der Waals surface area (Å²) in [4.78, 5) is 31.4. The number of nitrogens with zero attached hydrogens (tertiary/aromatic N) is 3. The van der Waals surface area contributed by atoms with Gasteiger partial charge in [-0.05, 0) is 71.6 Å². The monoisotopic (exact) mass is 609 g/mol. The SMILES string of the molecule is CC(C)Oc1ccc(C(N)=O)c(C(Cc2ccc(-c3cn4cccc(Br)c4n3)cc2)CN2CCNC2=O)c1Cl. The standard InChI is InChI=1S/C29H29BrClN5O3/c1-17(2)39-24-10-9-21(27(32)37)25(26(24)31)20(15-36-13-11-33-29(36)38)14-18-5-7-19(8-6-18)23-16-35-12-3-4-22(30)28(35)34-23/h3-10,12,16-17,20H,11,13-15H2,1-2H3,(H2,32,37)(H,33,38). The third-order valence-electron chi connectivity index (χ3n) is 6.73. The number of carbonyl (C=O) groups excluding carboxylic acids is 2. The molecule has 4 aromatic rings. The quantitative estimate of drug-likeness (QED) is 0.256. The lowest BCUT2D eigenvalue weighted by Gasteiger charge is -2.27. The predicted molar refractivity (Wildman–Crippen MR) is 155 cm³/mol. The fraction of sp³-hybridized carbons (Fsp3) is 0.276. The van der Waals surface area contributed by atoms with E-state index in [-0.39, 0.29) is 18.1 Å². The van der Waals surface area contributed by atoms with Crippen LogP contribution in [0.2, 0.25) is 5.02 Å². The Hall–Kier alpha value is -3.56. The van der Waals surface area contributed by atoms with Crippen molar-refractivity contribution in [3.05, 3.63) is 87.1 Å². The molecule has 10 heteroatoms. The first-order valence-electron chi connectivity index (χ1n) is 12.8. The van der Waals surface area contributed by atoms with E-state index in [0.717, 1.165) is 26.9 Å². The first kappa shape index (κ1) is 27.0. The second-order valence-electron chi connectivity index (χ2n) is 9.86. The zero-order chi connectivity index (χ0) is 27.7. The molecule has 5 rings (SSSR count). The molecule has 1 atom stereocenters. The van der Waals surface area contributed by atoms with Crippen LogP contribution in [0.25, 0.3) is 16.9 Å². The normalized spacial score (nSPS) is 14.2. The van der Waals surface area contributed by atoms with Crippen molar-refractivity contribution in [1.82, 2.24) is 19.6 Å². The Morgan fingerprint density at radius 2 is 1.97 bits per heavy atom. The third-order valence-corrected chi connectivity index (χ3v) is 7.74. The van der Waals surface area contributed by atoms with Crippen LogP contribution in [0.5, 0.6) is 5.75 Å². The van der Waals surface area contributed by atoms with E-state index in [9.17, 15) is 9.59 Å². The number of fused-ring (bicyclic) bond motifs is 1. The number of imidazole rings is 1. The van der Waals surface area contributed by atoms with E-state index >= 15 is 0 Å². The van der Waals surface area contributed by atoms with Gasteiger partial charge < -0.3 is 25.1 Å². The Morgan fingerprint density at radius 1 is 1.21 bits per heavy atom. The number of primary amides is 1. The maximum absolute atomic E-state index is 12.5. The molecule has 0 radical (unpaired) electrons. The Labute approximate surface area is 240 Å². The summed E-state index contributed by atoms with van der Waals surface area (Å²) in [7, 11) is 0. The highest BCUT2D eigenvalue weighted by molar-refractivity contribution is 9.10. The molecule has 3 heterocycles. The molecule has 1 aliphatic heterocycles. The van der Waals surface area contributed by atoms with E-state index in [1.165, 1.54) is 0 Å². The topological polar surface area (TPSA) is 102 Å². The Kier molecular flexibility index (Phi) is 7.81. The number of amides is 3. The van der Waals surface area contributed by atoms with Crippen LogP contribution in [-0.4, -0.2) is 52.0 Å². The smallest absolute Gasteiger partial charge is 0.317 e. The lowest BCUT2D eigenvalue weighted by atomic mass is 9.87. The van der Waals surface area contributed by atoms with Crippen molar-refractivity contribution in [3.63, 3.8) is 0 Å². The zero-order valence-corrected chi connectivity index (χ0v) is 24.0. The number of benzene rings is 2. The van der Waals surface area contributed by atoms with Gasteiger partial charge in [0, 0.05) is 49.1 Å². The fourth-order valence-corrected chi connectivity index (χ4v) is 5.76. The first-order valence-corrected chi connectivity index (χ1v) is 13.9. The van der Waals surface area contributed by atoms with Crippen LogP contribution in [0.4, 0.5) is 4.79 Å². The second-order valence-corrected chi connectivity index (χ2v) is 11.1. The van der Waals surface area contributed by atoms with Gasteiger partial charge in [0.05, 0.1) is 21.3 Å². The minimum atomic E-state index is -0.577. The average Bonchev–Trinajstić information content (AvgIpc) is 3.52. The van der Waals surface area contributed by atoms with Crippen molar-refractivity contribution >= 4 is 45.1 Å². The van der Waals surface area contributed by atoms with E-state index in [1.54, 1.807) is 17.0 Å². The van der Waals surface area contributed by atoms with Gasteiger partial charge in [0.1, 0.15) is 5.75 Å². The molecule has 1 fully saturated rings. The fourth-order valence-electron chi connectivity index (χ4n) is 4.96. The average molecular weight is 611 g/mol. The third kappa shape index (κ3) is 5.74. The number of carbonyl (C=O) groups is 2. The summed E-state index contributed by atoms with van der Waals surface area (Å²) in [5.74, 6) is -0.389. The van der Waals surface area contributed by atoms with Crippen LogP contribution < -0.4 is 15.8 Å². The van der Waals surface area contributed by atoms with Gasteiger partial charge in [-0.1, -0.05) is 35.9 Å². The molecule has 2 aromatic carbocycles. The Balaban J connectivity index is 1.50. The molecular formula is C29H29BrClN5O3. The van der Waals surface area contributed by atoms with E-state index < -0.39 is 5.91 Å². The summed E-state index contributed by atoms with van der Waals surface area (Å²) >= 11 is 10.4. The Bertz CT molecular complexity index is 1540. The van der Waals surface area contributed by atoms with Gasteiger partial charge in [-0.3, -0.25) is 4.79 Å². The molecular weight excluding hydrogens is 582 g/mol. The summed E-state index contributed by atoms with van der Waals surface area (Å²) in [6.45, 7) is 5.34. The lowest BCUT2D eigenvalue weighted by molar-refractivity contribution is 0.0998. The van der Waals surface area contributed by atoms with Gasteiger partial charge in [0.15, 0.2) is 5.65 Å². The van der Waals surface area contributed by atoms with E-state index in [1.807, 2.05) is 67.0 Å².